The number of amides is 2. The number of carbonyl (C=O) groups excluding carboxylic acids is 2. The predicted molar refractivity (Wildman–Crippen MR) is 151 cm³/mol. The number of sulfonamides is 1. The van der Waals surface area contributed by atoms with Gasteiger partial charge >= 0.3 is 6.09 Å². The van der Waals surface area contributed by atoms with Gasteiger partial charge in [0.05, 0.1) is 18.8 Å². The fourth-order valence-electron chi connectivity index (χ4n) is 4.27. The predicted octanol–water partition coefficient (Wildman–Crippen LogP) is 4.53. The van der Waals surface area contributed by atoms with Crippen LogP contribution in [-0.4, -0.2) is 62.3 Å². The quantitative estimate of drug-likeness (QED) is 0.382. The smallest absolute Gasteiger partial charge is 0.407 e. The first-order valence-corrected chi connectivity index (χ1v) is 14.1. The molecule has 0 saturated carbocycles. The fourth-order valence-corrected chi connectivity index (χ4v) is 5.52. The van der Waals surface area contributed by atoms with Crippen LogP contribution >= 0.6 is 0 Å². The molecule has 4 rings (SSSR count). The molecular weight excluding hydrogens is 534 g/mol. The monoisotopic (exact) mass is 567 g/mol. The summed E-state index contributed by atoms with van der Waals surface area (Å²) in [5.74, 6) is -0.600. The van der Waals surface area contributed by atoms with Gasteiger partial charge < -0.3 is 24.8 Å². The second kappa shape index (κ2) is 11.1. The summed E-state index contributed by atoms with van der Waals surface area (Å²) >= 11 is 0. The van der Waals surface area contributed by atoms with Crippen molar-refractivity contribution in [2.45, 2.75) is 44.2 Å². The third-order valence-electron chi connectivity index (χ3n) is 6.24. The summed E-state index contributed by atoms with van der Waals surface area (Å²) in [6.45, 7) is 7.26. The molecule has 0 aromatic heterocycles. The Morgan fingerprint density at radius 2 is 1.68 bits per heavy atom. The van der Waals surface area contributed by atoms with E-state index in [1.54, 1.807) is 32.9 Å². The largest absolute Gasteiger partial charge is 0.506 e. The molecule has 0 aliphatic carbocycles. The standard InChI is InChI=1S/C29H33N3O7S/c1-18-13-21(27(34)32-16-22(17-32)30-28(35)39-29(2,3)4)15-25(26(18)33)40(36,37)31-23-14-20(11-12-24(23)38-5)19-9-7-6-8-10-19/h6-15,22,31,33H,16-17H2,1-5H3,(H,30,35). The Labute approximate surface area is 234 Å². The Kier molecular flexibility index (Phi) is 7.97. The van der Waals surface area contributed by atoms with Crippen LogP contribution in [0.3, 0.4) is 0 Å². The summed E-state index contributed by atoms with van der Waals surface area (Å²) in [4.78, 5) is 26.2. The lowest BCUT2D eigenvalue weighted by molar-refractivity contribution is 0.0359. The molecule has 40 heavy (non-hydrogen) atoms. The van der Waals surface area contributed by atoms with Gasteiger partial charge in [0.15, 0.2) is 0 Å². The van der Waals surface area contributed by atoms with E-state index in [9.17, 15) is 23.1 Å². The normalized spacial score (nSPS) is 13.8. The van der Waals surface area contributed by atoms with Gasteiger partial charge in [0.25, 0.3) is 15.9 Å². The fraction of sp³-hybridized carbons (Fsp3) is 0.310. The molecule has 0 atom stereocenters. The molecule has 1 heterocycles. The summed E-state index contributed by atoms with van der Waals surface area (Å²) in [5.41, 5.74) is 1.49. The molecule has 3 N–H and O–H groups in total. The van der Waals surface area contributed by atoms with Crippen molar-refractivity contribution in [2.75, 3.05) is 24.9 Å². The molecule has 2 amide bonds. The molecule has 3 aromatic carbocycles. The number of aryl methyl sites for hydroxylation is 1. The van der Waals surface area contributed by atoms with E-state index >= 15 is 0 Å². The summed E-state index contributed by atoms with van der Waals surface area (Å²) < 4.78 is 40.1. The molecule has 0 spiro atoms. The number of methoxy groups -OCH3 is 1. The second-order valence-corrected chi connectivity index (χ2v) is 12.2. The Morgan fingerprint density at radius 1 is 1.00 bits per heavy atom. The number of benzene rings is 3. The van der Waals surface area contributed by atoms with Gasteiger partial charge in [-0.15, -0.1) is 0 Å². The van der Waals surface area contributed by atoms with Crippen LogP contribution in [0, 0.1) is 6.92 Å². The number of ether oxygens (including phenoxy) is 2. The van der Waals surface area contributed by atoms with Crippen LogP contribution in [0.4, 0.5) is 10.5 Å². The van der Waals surface area contributed by atoms with Gasteiger partial charge in [0.1, 0.15) is 22.0 Å². The zero-order valence-corrected chi connectivity index (χ0v) is 23.8. The first kappa shape index (κ1) is 28.8. The number of anilines is 1. The maximum absolute atomic E-state index is 13.5. The molecule has 1 aliphatic heterocycles. The Balaban J connectivity index is 1.55. The van der Waals surface area contributed by atoms with E-state index in [4.69, 9.17) is 9.47 Å². The minimum Gasteiger partial charge on any atom is -0.506 e. The zero-order valence-electron chi connectivity index (χ0n) is 23.0. The number of phenols is 1. The van der Waals surface area contributed by atoms with Gasteiger partial charge in [-0.25, -0.2) is 13.2 Å². The van der Waals surface area contributed by atoms with E-state index in [1.807, 2.05) is 36.4 Å². The van der Waals surface area contributed by atoms with Crippen molar-refractivity contribution >= 4 is 27.7 Å². The van der Waals surface area contributed by atoms with Crippen LogP contribution in [0.2, 0.25) is 0 Å². The molecule has 0 bridgehead atoms. The third-order valence-corrected chi connectivity index (χ3v) is 7.62. The molecule has 1 aliphatic rings. The van der Waals surface area contributed by atoms with E-state index < -0.39 is 38.3 Å². The minimum absolute atomic E-state index is 0.0939. The lowest BCUT2D eigenvalue weighted by Crippen LogP contribution is -2.61. The van der Waals surface area contributed by atoms with Gasteiger partial charge in [-0.1, -0.05) is 36.4 Å². The van der Waals surface area contributed by atoms with Gasteiger partial charge in [0.2, 0.25) is 0 Å². The highest BCUT2D eigenvalue weighted by Gasteiger charge is 2.34. The van der Waals surface area contributed by atoms with Crippen LogP contribution in [0.5, 0.6) is 11.5 Å². The topological polar surface area (TPSA) is 134 Å². The average molecular weight is 568 g/mol. The van der Waals surface area contributed by atoms with E-state index in [-0.39, 0.29) is 41.7 Å². The number of phenolic OH excluding ortho intramolecular Hbond substituents is 1. The van der Waals surface area contributed by atoms with Gasteiger partial charge in [0, 0.05) is 18.7 Å². The van der Waals surface area contributed by atoms with Crippen LogP contribution in [0.25, 0.3) is 11.1 Å². The first-order chi connectivity index (χ1) is 18.8. The molecular formula is C29H33N3O7S. The molecule has 212 valence electrons. The van der Waals surface area contributed by atoms with Gasteiger partial charge in [-0.3, -0.25) is 9.52 Å². The molecule has 10 nitrogen and oxygen atoms in total. The second-order valence-electron chi connectivity index (χ2n) is 10.6. The number of nitrogens with zero attached hydrogens (tertiary/aromatic N) is 1. The van der Waals surface area contributed by atoms with Crippen molar-refractivity contribution in [3.05, 3.63) is 71.8 Å². The molecule has 0 radical (unpaired) electrons. The number of hydrogen-bond acceptors (Lipinski definition) is 7. The van der Waals surface area contributed by atoms with Crippen molar-refractivity contribution in [2.24, 2.45) is 0 Å². The van der Waals surface area contributed by atoms with Crippen LogP contribution < -0.4 is 14.8 Å². The van der Waals surface area contributed by atoms with Crippen LogP contribution in [0.15, 0.2) is 65.6 Å². The highest BCUT2D eigenvalue weighted by molar-refractivity contribution is 7.92. The molecule has 1 saturated heterocycles. The van der Waals surface area contributed by atoms with E-state index in [0.29, 0.717) is 0 Å². The average Bonchev–Trinajstić information content (AvgIpc) is 2.86. The summed E-state index contributed by atoms with van der Waals surface area (Å²) in [5, 5.41) is 13.4. The number of hydrogen-bond donors (Lipinski definition) is 3. The Hall–Kier alpha value is -4.25. The van der Waals surface area contributed by atoms with Crippen LogP contribution in [0.1, 0.15) is 36.7 Å². The maximum atomic E-state index is 13.5. The van der Waals surface area contributed by atoms with Gasteiger partial charge in [-0.05, 0) is 68.7 Å². The number of nitrogens with one attached hydrogen (secondary N) is 2. The first-order valence-electron chi connectivity index (χ1n) is 12.7. The van der Waals surface area contributed by atoms with Crippen molar-refractivity contribution in [3.8, 4) is 22.6 Å². The number of carbonyl (C=O) groups is 2. The zero-order chi connectivity index (χ0) is 29.2. The van der Waals surface area contributed by atoms with Crippen LogP contribution in [-0.2, 0) is 14.8 Å². The van der Waals surface area contributed by atoms with Gasteiger partial charge in [-0.2, -0.15) is 0 Å². The van der Waals surface area contributed by atoms with Crippen molar-refractivity contribution in [3.63, 3.8) is 0 Å². The summed E-state index contributed by atoms with van der Waals surface area (Å²) in [7, 11) is -2.91. The Bertz CT molecular complexity index is 1530. The minimum atomic E-state index is -4.34. The molecule has 1 fully saturated rings. The van der Waals surface area contributed by atoms with Crippen molar-refractivity contribution in [1.29, 1.82) is 0 Å². The lowest BCUT2D eigenvalue weighted by Gasteiger charge is -2.39. The number of rotatable bonds is 7. The third kappa shape index (κ3) is 6.48. The lowest BCUT2D eigenvalue weighted by atomic mass is 10.0. The molecule has 0 unspecified atom stereocenters. The number of likely N-dealkylation sites (tertiary alicyclic amines) is 1. The maximum Gasteiger partial charge on any atom is 0.407 e. The number of alkyl carbamates (subject to hydrolysis) is 1. The number of aromatic hydroxyl groups is 1. The van der Waals surface area contributed by atoms with E-state index in [0.717, 1.165) is 17.2 Å². The Morgan fingerprint density at radius 3 is 2.30 bits per heavy atom. The summed E-state index contributed by atoms with van der Waals surface area (Å²) in [6.07, 6.45) is -0.573. The van der Waals surface area contributed by atoms with Crippen molar-refractivity contribution in [1.82, 2.24) is 10.2 Å². The summed E-state index contributed by atoms with van der Waals surface area (Å²) in [6, 6.07) is 16.8. The highest BCUT2D eigenvalue weighted by Crippen LogP contribution is 2.35. The SMILES string of the molecule is COc1ccc(-c2ccccc2)cc1NS(=O)(=O)c1cc(C(=O)N2CC(NC(=O)OC(C)(C)C)C2)cc(C)c1O. The molecule has 11 heteroatoms. The van der Waals surface area contributed by atoms with Crippen molar-refractivity contribution < 1.29 is 32.6 Å². The highest BCUT2D eigenvalue weighted by atomic mass is 32.2. The van der Waals surface area contributed by atoms with E-state index in [2.05, 4.69) is 10.0 Å². The van der Waals surface area contributed by atoms with E-state index in [1.165, 1.54) is 25.0 Å². The molecule has 3 aromatic rings.